The third-order valence-corrected chi connectivity index (χ3v) is 6.25. The van der Waals surface area contributed by atoms with Gasteiger partial charge in [-0.1, -0.05) is 45.7 Å². The van der Waals surface area contributed by atoms with Gasteiger partial charge in [0, 0.05) is 18.7 Å². The monoisotopic (exact) mass is 443 g/mol. The first kappa shape index (κ1) is 15.5. The van der Waals surface area contributed by atoms with Crippen LogP contribution in [0.15, 0.2) is 50.7 Å². The summed E-state index contributed by atoms with van der Waals surface area (Å²) in [6, 6.07) is 12.4. The number of thiophene rings is 1. The normalized spacial score (nSPS) is 12.8. The van der Waals surface area contributed by atoms with Gasteiger partial charge in [-0.3, -0.25) is 0 Å². The lowest BCUT2D eigenvalue weighted by atomic mass is 9.98. The molecular weight excluding hydrogens is 434 g/mol. The number of rotatable bonds is 3. The second-order valence-electron chi connectivity index (χ2n) is 4.70. The first-order valence-electron chi connectivity index (χ1n) is 6.39. The molecule has 0 amide bonds. The molecule has 0 radical (unpaired) electrons. The molecule has 0 spiro atoms. The summed E-state index contributed by atoms with van der Waals surface area (Å²) in [5, 5.41) is 7.61. The zero-order valence-electron chi connectivity index (χ0n) is 11.2. The highest BCUT2D eigenvalue weighted by molar-refractivity contribution is 9.11. The molecule has 0 saturated carbocycles. The van der Waals surface area contributed by atoms with E-state index in [2.05, 4.69) is 66.8 Å². The number of fused-ring (bicyclic) bond motifs is 1. The number of hydrogen-bond donors (Lipinski definition) is 1. The summed E-state index contributed by atoms with van der Waals surface area (Å²) in [4.78, 5) is 0. The van der Waals surface area contributed by atoms with Crippen molar-refractivity contribution in [1.82, 2.24) is 5.32 Å². The molecule has 1 nitrogen and oxygen atoms in total. The molecule has 1 N–H and O–H groups in total. The Balaban J connectivity index is 2.16. The molecule has 1 aromatic heterocycles. The van der Waals surface area contributed by atoms with Gasteiger partial charge in [0.25, 0.3) is 0 Å². The van der Waals surface area contributed by atoms with Crippen LogP contribution in [0, 0.1) is 0 Å². The van der Waals surface area contributed by atoms with E-state index in [-0.39, 0.29) is 6.04 Å². The van der Waals surface area contributed by atoms with Crippen molar-refractivity contribution in [3.8, 4) is 0 Å². The molecule has 0 aliphatic heterocycles. The summed E-state index contributed by atoms with van der Waals surface area (Å²) in [6.07, 6.45) is 0. The standard InChI is InChI=1S/C16H12Br2ClNS/c1-20-15(11-6-5-9(17)7-14(11)19)12-8-21-16-10(12)3-2-4-13(16)18/h2-8,15,20H,1H3. The zero-order chi connectivity index (χ0) is 15.0. The van der Waals surface area contributed by atoms with Gasteiger partial charge in [0.1, 0.15) is 0 Å². The molecule has 3 rings (SSSR count). The minimum atomic E-state index is 0.0775. The van der Waals surface area contributed by atoms with Gasteiger partial charge in [0.2, 0.25) is 0 Å². The maximum atomic E-state index is 6.43. The Kier molecular flexibility index (Phi) is 4.71. The summed E-state index contributed by atoms with van der Waals surface area (Å²) < 4.78 is 3.39. The first-order chi connectivity index (χ1) is 10.1. The summed E-state index contributed by atoms with van der Waals surface area (Å²) in [5.74, 6) is 0. The Morgan fingerprint density at radius 3 is 2.67 bits per heavy atom. The maximum Gasteiger partial charge on any atom is 0.0603 e. The highest BCUT2D eigenvalue weighted by Gasteiger charge is 2.19. The largest absolute Gasteiger partial charge is 0.309 e. The van der Waals surface area contributed by atoms with Crippen LogP contribution in [0.4, 0.5) is 0 Å². The second kappa shape index (κ2) is 6.39. The smallest absolute Gasteiger partial charge is 0.0603 e. The van der Waals surface area contributed by atoms with Crippen molar-refractivity contribution in [2.45, 2.75) is 6.04 Å². The molecule has 0 aliphatic rings. The highest BCUT2D eigenvalue weighted by Crippen LogP contribution is 2.39. The van der Waals surface area contributed by atoms with Gasteiger partial charge in [-0.2, -0.15) is 0 Å². The predicted molar refractivity (Wildman–Crippen MR) is 99.6 cm³/mol. The molecule has 0 saturated heterocycles. The van der Waals surface area contributed by atoms with Crippen LogP contribution in [0.3, 0.4) is 0 Å². The Morgan fingerprint density at radius 1 is 1.14 bits per heavy atom. The van der Waals surface area contributed by atoms with Crippen LogP contribution in [0.2, 0.25) is 5.02 Å². The predicted octanol–water partition coefficient (Wildman–Crippen LogP) is 6.39. The zero-order valence-corrected chi connectivity index (χ0v) is 15.9. The summed E-state index contributed by atoms with van der Waals surface area (Å²) in [7, 11) is 1.96. The Bertz CT molecular complexity index is 800. The average molecular weight is 446 g/mol. The topological polar surface area (TPSA) is 12.0 Å². The van der Waals surface area contributed by atoms with Crippen LogP contribution in [0.1, 0.15) is 17.2 Å². The first-order valence-corrected chi connectivity index (χ1v) is 9.24. The fourth-order valence-electron chi connectivity index (χ4n) is 2.48. The van der Waals surface area contributed by atoms with E-state index in [1.54, 1.807) is 11.3 Å². The molecule has 0 aliphatic carbocycles. The average Bonchev–Trinajstić information content (AvgIpc) is 2.87. The molecule has 0 fully saturated rings. The molecule has 3 aromatic rings. The van der Waals surface area contributed by atoms with Crippen LogP contribution >= 0.6 is 54.8 Å². The minimum absolute atomic E-state index is 0.0775. The highest BCUT2D eigenvalue weighted by atomic mass is 79.9. The number of nitrogens with one attached hydrogen (secondary N) is 1. The molecule has 2 aromatic carbocycles. The second-order valence-corrected chi connectivity index (χ2v) is 7.75. The fourth-order valence-corrected chi connectivity index (χ4v) is 4.91. The number of benzene rings is 2. The van der Waals surface area contributed by atoms with Gasteiger partial charge < -0.3 is 5.32 Å². The maximum absolute atomic E-state index is 6.43. The van der Waals surface area contributed by atoms with Crippen LogP contribution in [0.5, 0.6) is 0 Å². The Morgan fingerprint density at radius 2 is 1.95 bits per heavy atom. The lowest BCUT2D eigenvalue weighted by molar-refractivity contribution is 0.699. The molecule has 1 heterocycles. The van der Waals surface area contributed by atoms with E-state index in [0.29, 0.717) is 0 Å². The van der Waals surface area contributed by atoms with Gasteiger partial charge in [0.15, 0.2) is 0 Å². The molecule has 21 heavy (non-hydrogen) atoms. The van der Waals surface area contributed by atoms with Crippen molar-refractivity contribution in [3.63, 3.8) is 0 Å². The third-order valence-electron chi connectivity index (χ3n) is 3.45. The Labute approximate surface area is 149 Å². The van der Waals surface area contributed by atoms with Gasteiger partial charge in [0.05, 0.1) is 6.04 Å². The van der Waals surface area contributed by atoms with E-state index < -0.39 is 0 Å². The lowest BCUT2D eigenvalue weighted by Gasteiger charge is -2.18. The van der Waals surface area contributed by atoms with Crippen molar-refractivity contribution in [2.75, 3.05) is 7.05 Å². The summed E-state index contributed by atoms with van der Waals surface area (Å²) >= 11 is 15.3. The van der Waals surface area contributed by atoms with Gasteiger partial charge in [-0.05, 0) is 63.1 Å². The molecule has 1 unspecified atom stereocenters. The lowest BCUT2D eigenvalue weighted by Crippen LogP contribution is -2.17. The molecule has 0 bridgehead atoms. The van der Waals surface area contributed by atoms with E-state index in [4.69, 9.17) is 11.6 Å². The van der Waals surface area contributed by atoms with Crippen LogP contribution in [0.25, 0.3) is 10.1 Å². The molecule has 108 valence electrons. The summed E-state index contributed by atoms with van der Waals surface area (Å²) in [5.41, 5.74) is 2.34. The van der Waals surface area contributed by atoms with Crippen LogP contribution in [-0.2, 0) is 0 Å². The van der Waals surface area contributed by atoms with E-state index >= 15 is 0 Å². The van der Waals surface area contributed by atoms with E-state index in [0.717, 1.165) is 19.5 Å². The van der Waals surface area contributed by atoms with E-state index in [1.165, 1.54) is 15.6 Å². The van der Waals surface area contributed by atoms with Crippen LogP contribution in [-0.4, -0.2) is 7.05 Å². The molecule has 1 atom stereocenters. The van der Waals surface area contributed by atoms with Gasteiger partial charge in [-0.25, -0.2) is 0 Å². The van der Waals surface area contributed by atoms with Crippen LogP contribution < -0.4 is 5.32 Å². The minimum Gasteiger partial charge on any atom is -0.309 e. The van der Waals surface area contributed by atoms with Crippen molar-refractivity contribution >= 4 is 64.9 Å². The van der Waals surface area contributed by atoms with E-state index in [9.17, 15) is 0 Å². The number of halogens is 3. The van der Waals surface area contributed by atoms with Crippen molar-refractivity contribution in [3.05, 3.63) is 66.9 Å². The van der Waals surface area contributed by atoms with Crippen molar-refractivity contribution < 1.29 is 0 Å². The van der Waals surface area contributed by atoms with Gasteiger partial charge in [-0.15, -0.1) is 11.3 Å². The van der Waals surface area contributed by atoms with Gasteiger partial charge >= 0.3 is 0 Å². The SMILES string of the molecule is CNC(c1ccc(Br)cc1Cl)c1csc2c(Br)cccc12. The van der Waals surface area contributed by atoms with Crippen molar-refractivity contribution in [1.29, 1.82) is 0 Å². The summed E-state index contributed by atoms with van der Waals surface area (Å²) in [6.45, 7) is 0. The molecular formula is C16H12Br2ClNS. The quantitative estimate of drug-likeness (QED) is 0.493. The Hall–Kier alpha value is -0.390. The van der Waals surface area contributed by atoms with E-state index in [1.807, 2.05) is 19.2 Å². The molecule has 5 heteroatoms. The third kappa shape index (κ3) is 2.92. The fraction of sp³-hybridized carbons (Fsp3) is 0.125. The van der Waals surface area contributed by atoms with Crippen molar-refractivity contribution in [2.24, 2.45) is 0 Å². The number of hydrogen-bond acceptors (Lipinski definition) is 2.